The smallest absolute Gasteiger partial charge is 0.165 e. The zero-order valence-corrected chi connectivity index (χ0v) is 10.8. The lowest BCUT2D eigenvalue weighted by Crippen LogP contribution is -2.47. The largest absolute Gasteiger partial charge is 0.394 e. The molecular weight excluding hydrogens is 262 g/mol. The van der Waals surface area contributed by atoms with Gasteiger partial charge < -0.3 is 31.6 Å². The molecule has 0 bridgehead atoms. The van der Waals surface area contributed by atoms with Gasteiger partial charge in [-0.15, -0.1) is 0 Å². The predicted octanol–water partition coefficient (Wildman–Crippen LogP) is -2.18. The van der Waals surface area contributed by atoms with E-state index in [0.717, 1.165) is 0 Å². The molecule has 9 nitrogen and oxygen atoms in total. The summed E-state index contributed by atoms with van der Waals surface area (Å²) in [5.41, 5.74) is 18.8. The molecule has 0 saturated carbocycles. The summed E-state index contributed by atoms with van der Waals surface area (Å²) in [5.74, 6) is 0.329. The Kier molecular flexibility index (Phi) is 3.26. The first-order valence-corrected chi connectivity index (χ1v) is 6.30. The summed E-state index contributed by atoms with van der Waals surface area (Å²) < 4.78 is 7.46. The highest BCUT2D eigenvalue weighted by molar-refractivity contribution is 5.81. The van der Waals surface area contributed by atoms with Crippen LogP contribution in [0.25, 0.3) is 11.2 Å². The van der Waals surface area contributed by atoms with E-state index < -0.39 is 6.10 Å². The van der Waals surface area contributed by atoms with Crippen molar-refractivity contribution in [3.05, 3.63) is 12.7 Å². The second-order valence-corrected chi connectivity index (χ2v) is 4.88. The molecule has 0 aromatic carbocycles. The van der Waals surface area contributed by atoms with Gasteiger partial charge in [-0.2, -0.15) is 0 Å². The van der Waals surface area contributed by atoms with Crippen LogP contribution in [0, 0.1) is 0 Å². The summed E-state index contributed by atoms with van der Waals surface area (Å²) in [5, 5.41) is 9.19. The van der Waals surface area contributed by atoms with Crippen LogP contribution in [0.1, 0.15) is 0 Å². The monoisotopic (exact) mass is 279 g/mol. The van der Waals surface area contributed by atoms with Crippen molar-refractivity contribution >= 4 is 17.0 Å². The van der Waals surface area contributed by atoms with Crippen LogP contribution < -0.4 is 17.2 Å². The van der Waals surface area contributed by atoms with E-state index in [1.54, 1.807) is 10.9 Å². The van der Waals surface area contributed by atoms with Gasteiger partial charge in [-0.3, -0.25) is 0 Å². The number of aliphatic hydroxyl groups is 1. The van der Waals surface area contributed by atoms with Crippen LogP contribution in [0.2, 0.25) is 0 Å². The summed E-state index contributed by atoms with van der Waals surface area (Å²) in [6, 6.07) is -0.747. The van der Waals surface area contributed by atoms with E-state index in [1.807, 2.05) is 0 Å². The summed E-state index contributed by atoms with van der Waals surface area (Å²) in [6.45, 7) is 0.295. The van der Waals surface area contributed by atoms with Crippen molar-refractivity contribution in [3.8, 4) is 0 Å². The van der Waals surface area contributed by atoms with Gasteiger partial charge in [-0.1, -0.05) is 0 Å². The first-order valence-electron chi connectivity index (χ1n) is 6.30. The van der Waals surface area contributed by atoms with Crippen LogP contribution in [0.4, 0.5) is 5.82 Å². The molecule has 0 radical (unpaired) electrons. The van der Waals surface area contributed by atoms with Gasteiger partial charge in [0.15, 0.2) is 11.5 Å². The molecule has 1 saturated heterocycles. The van der Waals surface area contributed by atoms with Crippen LogP contribution in [0.3, 0.4) is 0 Å². The molecule has 0 amide bonds. The molecular formula is C11H17N7O2. The number of hydrogen-bond donors (Lipinski definition) is 4. The predicted molar refractivity (Wildman–Crippen MR) is 71.4 cm³/mol. The Morgan fingerprint density at radius 3 is 2.65 bits per heavy atom. The van der Waals surface area contributed by atoms with Crippen LogP contribution in [0.5, 0.6) is 0 Å². The summed E-state index contributed by atoms with van der Waals surface area (Å²) >= 11 is 0. The number of nitrogens with zero attached hydrogens (tertiary/aromatic N) is 4. The number of nitrogens with two attached hydrogens (primary N) is 3. The average Bonchev–Trinajstić information content (AvgIpc) is 2.97. The number of fused-ring (bicyclic) bond motifs is 1. The van der Waals surface area contributed by atoms with Gasteiger partial charge in [-0.25, -0.2) is 15.0 Å². The zero-order chi connectivity index (χ0) is 14.3. The highest BCUT2D eigenvalue weighted by atomic mass is 16.5. The minimum atomic E-state index is -0.440. The first kappa shape index (κ1) is 13.2. The van der Waals surface area contributed by atoms with E-state index in [-0.39, 0.29) is 24.8 Å². The number of hydrogen-bond acceptors (Lipinski definition) is 8. The molecule has 1 fully saturated rings. The molecule has 2 aromatic rings. The molecule has 1 aliphatic heterocycles. The fourth-order valence-corrected chi connectivity index (χ4v) is 2.46. The Hall–Kier alpha value is -1.81. The third-order valence-electron chi connectivity index (χ3n) is 3.64. The normalized spacial score (nSPS) is 30.1. The molecule has 9 heteroatoms. The van der Waals surface area contributed by atoms with E-state index in [9.17, 15) is 5.11 Å². The first-order chi connectivity index (χ1) is 9.61. The average molecular weight is 279 g/mol. The molecule has 0 unspecified atom stereocenters. The summed E-state index contributed by atoms with van der Waals surface area (Å²) in [4.78, 5) is 12.2. The van der Waals surface area contributed by atoms with Crippen molar-refractivity contribution in [1.82, 2.24) is 19.5 Å². The molecule has 4 atom stereocenters. The minimum Gasteiger partial charge on any atom is -0.394 e. The molecule has 2 aromatic heterocycles. The lowest BCUT2D eigenvalue weighted by Gasteiger charge is -2.16. The lowest BCUT2D eigenvalue weighted by atomic mass is 10.0. The van der Waals surface area contributed by atoms with Crippen molar-refractivity contribution in [2.75, 3.05) is 12.3 Å². The number of imidazole rings is 1. The van der Waals surface area contributed by atoms with E-state index in [1.165, 1.54) is 6.33 Å². The molecule has 1 aliphatic rings. The maximum absolute atomic E-state index is 9.19. The van der Waals surface area contributed by atoms with Gasteiger partial charge in [0, 0.05) is 0 Å². The standard InChI is InChI=1S/C11H17N7O2/c12-7-5(20-6(2-19)8(7)13)1-18-4-17-9-10(14)15-3-16-11(9)18/h3-8,19H,1-2,12-13H2,(H2,14,15,16)/t5-,6+,7+,8+/m1/s1. The molecule has 3 rings (SSSR count). The fraction of sp³-hybridized carbons (Fsp3) is 0.545. The Morgan fingerprint density at radius 1 is 1.20 bits per heavy atom. The van der Waals surface area contributed by atoms with E-state index in [0.29, 0.717) is 23.5 Å². The lowest BCUT2D eigenvalue weighted by molar-refractivity contribution is 0.0000293. The number of rotatable bonds is 3. The Bertz CT molecular complexity index is 616. The third-order valence-corrected chi connectivity index (χ3v) is 3.64. The highest BCUT2D eigenvalue weighted by Crippen LogP contribution is 2.21. The SMILES string of the molecule is Nc1ncnc2c1ncn2C[C@H]1O[C@@H](CO)[C@H](N)[C@H]1N. The number of nitrogen functional groups attached to an aromatic ring is 1. The quantitative estimate of drug-likeness (QED) is 0.495. The van der Waals surface area contributed by atoms with Crippen LogP contribution >= 0.6 is 0 Å². The number of ether oxygens (including phenoxy) is 1. The molecule has 108 valence electrons. The summed E-state index contributed by atoms with van der Waals surface area (Å²) in [6.07, 6.45) is 2.25. The third kappa shape index (κ3) is 2.00. The topological polar surface area (TPSA) is 151 Å². The molecule has 0 spiro atoms. The molecule has 7 N–H and O–H groups in total. The second kappa shape index (κ2) is 4.94. The minimum absolute atomic E-state index is 0.148. The fourth-order valence-electron chi connectivity index (χ4n) is 2.46. The van der Waals surface area contributed by atoms with Gasteiger partial charge in [0.05, 0.1) is 43.8 Å². The Balaban J connectivity index is 1.85. The molecule has 20 heavy (non-hydrogen) atoms. The summed E-state index contributed by atoms with van der Waals surface area (Å²) in [7, 11) is 0. The molecule has 3 heterocycles. The van der Waals surface area contributed by atoms with Crippen molar-refractivity contribution in [2.24, 2.45) is 11.5 Å². The van der Waals surface area contributed by atoms with Gasteiger partial charge in [0.2, 0.25) is 0 Å². The van der Waals surface area contributed by atoms with Crippen LogP contribution in [0.15, 0.2) is 12.7 Å². The van der Waals surface area contributed by atoms with Crippen LogP contribution in [-0.4, -0.2) is 55.5 Å². The van der Waals surface area contributed by atoms with Crippen LogP contribution in [-0.2, 0) is 11.3 Å². The van der Waals surface area contributed by atoms with Crippen molar-refractivity contribution in [2.45, 2.75) is 30.8 Å². The van der Waals surface area contributed by atoms with Gasteiger partial charge >= 0.3 is 0 Å². The van der Waals surface area contributed by atoms with E-state index in [4.69, 9.17) is 21.9 Å². The maximum atomic E-state index is 9.19. The second-order valence-electron chi connectivity index (χ2n) is 4.88. The van der Waals surface area contributed by atoms with Crippen molar-refractivity contribution in [1.29, 1.82) is 0 Å². The number of anilines is 1. The number of aromatic nitrogens is 4. The maximum Gasteiger partial charge on any atom is 0.165 e. The van der Waals surface area contributed by atoms with Crippen molar-refractivity contribution < 1.29 is 9.84 Å². The Labute approximate surface area is 114 Å². The Morgan fingerprint density at radius 2 is 1.95 bits per heavy atom. The van der Waals surface area contributed by atoms with E-state index in [2.05, 4.69) is 15.0 Å². The van der Waals surface area contributed by atoms with Crippen molar-refractivity contribution in [3.63, 3.8) is 0 Å². The number of aliphatic hydroxyl groups excluding tert-OH is 1. The van der Waals surface area contributed by atoms with Gasteiger partial charge in [0.1, 0.15) is 11.8 Å². The highest BCUT2D eigenvalue weighted by Gasteiger charge is 2.40. The van der Waals surface area contributed by atoms with Gasteiger partial charge in [0.25, 0.3) is 0 Å². The van der Waals surface area contributed by atoms with Gasteiger partial charge in [-0.05, 0) is 0 Å². The van der Waals surface area contributed by atoms with E-state index >= 15 is 0 Å². The zero-order valence-electron chi connectivity index (χ0n) is 10.8. The molecule has 0 aliphatic carbocycles.